The van der Waals surface area contributed by atoms with Crippen LogP contribution in [0.15, 0.2) is 101 Å². The topological polar surface area (TPSA) is 64.0 Å². The van der Waals surface area contributed by atoms with Crippen LogP contribution >= 0.6 is 23.1 Å². The number of benzene rings is 3. The van der Waals surface area contributed by atoms with Crippen molar-refractivity contribution < 1.29 is 4.79 Å². The zero-order valence-corrected chi connectivity index (χ0v) is 23.8. The lowest BCUT2D eigenvalue weighted by molar-refractivity contribution is -0.119. The molecule has 0 spiro atoms. The van der Waals surface area contributed by atoms with E-state index in [0.717, 1.165) is 53.4 Å². The van der Waals surface area contributed by atoms with E-state index in [4.69, 9.17) is 4.98 Å². The van der Waals surface area contributed by atoms with E-state index in [9.17, 15) is 9.59 Å². The monoisotopic (exact) mass is 565 g/mol. The zero-order chi connectivity index (χ0) is 27.3. The van der Waals surface area contributed by atoms with Crippen LogP contribution in [0.4, 0.5) is 0 Å². The van der Waals surface area contributed by atoms with Gasteiger partial charge >= 0.3 is 0 Å². The SMILES string of the molecule is O=C(CSc1nc2sc3c(c2c(=O)n1CCc1ccccc1)CCCC3)NC(c1ccccc1)c1ccccc1. The Bertz CT molecular complexity index is 1630. The number of nitrogens with one attached hydrogen (secondary N) is 1. The highest BCUT2D eigenvalue weighted by Crippen LogP contribution is 2.35. The maximum absolute atomic E-state index is 13.9. The van der Waals surface area contributed by atoms with Crippen molar-refractivity contribution in [2.45, 2.75) is 49.8 Å². The van der Waals surface area contributed by atoms with Gasteiger partial charge in [-0.3, -0.25) is 14.2 Å². The molecule has 0 unspecified atom stereocenters. The van der Waals surface area contributed by atoms with E-state index < -0.39 is 0 Å². The van der Waals surface area contributed by atoms with Crippen LogP contribution in [-0.4, -0.2) is 21.2 Å². The van der Waals surface area contributed by atoms with Gasteiger partial charge in [-0.25, -0.2) is 4.98 Å². The first kappa shape index (κ1) is 26.5. The highest BCUT2D eigenvalue weighted by atomic mass is 32.2. The minimum atomic E-state index is -0.254. The molecule has 0 radical (unpaired) electrons. The van der Waals surface area contributed by atoms with Crippen molar-refractivity contribution in [1.82, 2.24) is 14.9 Å². The molecular weight excluding hydrogens is 535 g/mol. The Morgan fingerprint density at radius 3 is 2.20 bits per heavy atom. The number of carbonyl (C=O) groups is 1. The number of fused-ring (bicyclic) bond motifs is 3. The number of thioether (sulfide) groups is 1. The fraction of sp³-hybridized carbons (Fsp3) is 0.242. The molecule has 3 aromatic carbocycles. The van der Waals surface area contributed by atoms with Crippen LogP contribution < -0.4 is 10.9 Å². The Labute approximate surface area is 242 Å². The van der Waals surface area contributed by atoms with Crippen molar-refractivity contribution in [3.63, 3.8) is 0 Å². The van der Waals surface area contributed by atoms with Crippen LogP contribution in [0, 0.1) is 0 Å². The third kappa shape index (κ3) is 5.76. The first-order chi connectivity index (χ1) is 19.7. The van der Waals surface area contributed by atoms with E-state index in [1.165, 1.54) is 27.8 Å². The average Bonchev–Trinajstić information content (AvgIpc) is 3.38. The smallest absolute Gasteiger partial charge is 0.263 e. The summed E-state index contributed by atoms with van der Waals surface area (Å²) in [4.78, 5) is 34.3. The summed E-state index contributed by atoms with van der Waals surface area (Å²) in [7, 11) is 0. The molecule has 6 rings (SSSR count). The highest BCUT2D eigenvalue weighted by Gasteiger charge is 2.23. The molecule has 2 aromatic heterocycles. The van der Waals surface area contributed by atoms with Crippen LogP contribution in [0.5, 0.6) is 0 Å². The third-order valence-corrected chi connectivity index (χ3v) is 9.57. The predicted octanol–water partition coefficient (Wildman–Crippen LogP) is 6.58. The van der Waals surface area contributed by atoms with Crippen LogP contribution in [0.2, 0.25) is 0 Å². The molecule has 7 heteroatoms. The molecule has 2 heterocycles. The molecule has 40 heavy (non-hydrogen) atoms. The first-order valence-corrected chi connectivity index (χ1v) is 15.6. The van der Waals surface area contributed by atoms with Crippen molar-refractivity contribution in [3.8, 4) is 0 Å². The number of rotatable bonds is 9. The number of amides is 1. The van der Waals surface area contributed by atoms with Gasteiger partial charge in [0, 0.05) is 11.4 Å². The number of hydrogen-bond donors (Lipinski definition) is 1. The summed E-state index contributed by atoms with van der Waals surface area (Å²) in [5.41, 5.74) is 4.44. The summed E-state index contributed by atoms with van der Waals surface area (Å²) in [5.74, 6) is 0.0713. The van der Waals surface area contributed by atoms with Gasteiger partial charge < -0.3 is 5.32 Å². The maximum Gasteiger partial charge on any atom is 0.263 e. The molecule has 1 amide bonds. The van der Waals surface area contributed by atoms with Crippen molar-refractivity contribution in [3.05, 3.63) is 128 Å². The largest absolute Gasteiger partial charge is 0.344 e. The van der Waals surface area contributed by atoms with E-state index in [0.29, 0.717) is 11.7 Å². The molecule has 5 aromatic rings. The lowest BCUT2D eigenvalue weighted by Gasteiger charge is -2.20. The average molecular weight is 566 g/mol. The lowest BCUT2D eigenvalue weighted by atomic mass is 9.97. The number of carbonyl (C=O) groups excluding carboxylic acids is 1. The number of nitrogens with zero attached hydrogens (tertiary/aromatic N) is 2. The van der Waals surface area contributed by atoms with Gasteiger partial charge in [0.15, 0.2) is 5.16 Å². The summed E-state index contributed by atoms with van der Waals surface area (Å²) in [5, 5.41) is 4.61. The van der Waals surface area contributed by atoms with Gasteiger partial charge in [0.05, 0.1) is 17.2 Å². The van der Waals surface area contributed by atoms with Gasteiger partial charge in [0.2, 0.25) is 5.91 Å². The molecule has 0 atom stereocenters. The molecule has 0 aliphatic heterocycles. The van der Waals surface area contributed by atoms with Crippen molar-refractivity contribution in [2.75, 3.05) is 5.75 Å². The van der Waals surface area contributed by atoms with Gasteiger partial charge in [-0.15, -0.1) is 11.3 Å². The molecular formula is C33H31N3O2S2. The Kier molecular flexibility index (Phi) is 8.11. The minimum Gasteiger partial charge on any atom is -0.344 e. The van der Waals surface area contributed by atoms with Crippen molar-refractivity contribution in [1.29, 1.82) is 0 Å². The second kappa shape index (κ2) is 12.2. The molecule has 0 saturated heterocycles. The first-order valence-electron chi connectivity index (χ1n) is 13.8. The Hall–Kier alpha value is -3.68. The summed E-state index contributed by atoms with van der Waals surface area (Å²) < 4.78 is 1.79. The fourth-order valence-electron chi connectivity index (χ4n) is 5.40. The van der Waals surface area contributed by atoms with Gasteiger partial charge in [-0.1, -0.05) is 103 Å². The van der Waals surface area contributed by atoms with E-state index >= 15 is 0 Å². The molecule has 1 aliphatic rings. The highest BCUT2D eigenvalue weighted by molar-refractivity contribution is 7.99. The Balaban J connectivity index is 1.27. The summed E-state index contributed by atoms with van der Waals surface area (Å²) in [6.45, 7) is 0.525. The maximum atomic E-state index is 13.9. The Morgan fingerprint density at radius 1 is 0.900 bits per heavy atom. The van der Waals surface area contributed by atoms with Gasteiger partial charge in [0.1, 0.15) is 4.83 Å². The third-order valence-electron chi connectivity index (χ3n) is 7.41. The number of aromatic nitrogens is 2. The second-order valence-corrected chi connectivity index (χ2v) is 12.1. The predicted molar refractivity (Wildman–Crippen MR) is 164 cm³/mol. The molecule has 0 fully saturated rings. The second-order valence-electron chi connectivity index (χ2n) is 10.1. The lowest BCUT2D eigenvalue weighted by Crippen LogP contribution is -2.31. The number of thiophene rings is 1. The summed E-state index contributed by atoms with van der Waals surface area (Å²) in [6, 6.07) is 29.9. The summed E-state index contributed by atoms with van der Waals surface area (Å²) in [6.07, 6.45) is 4.96. The summed E-state index contributed by atoms with van der Waals surface area (Å²) >= 11 is 3.00. The van der Waals surface area contributed by atoms with Crippen LogP contribution in [-0.2, 0) is 30.6 Å². The van der Waals surface area contributed by atoms with Crippen molar-refractivity contribution >= 4 is 39.2 Å². The number of hydrogen-bond acceptors (Lipinski definition) is 5. The van der Waals surface area contributed by atoms with Gasteiger partial charge in [-0.05, 0) is 54.4 Å². The standard InChI is InChI=1S/C33H31N3O2S2/c37-28(34-30(24-14-6-2-7-15-24)25-16-8-3-9-17-25)22-39-33-35-31-29(26-18-10-11-19-27(26)40-31)32(38)36(33)21-20-23-12-4-1-5-13-23/h1-9,12-17,30H,10-11,18-22H2,(H,34,37). The van der Waals surface area contributed by atoms with Crippen molar-refractivity contribution in [2.24, 2.45) is 0 Å². The van der Waals surface area contributed by atoms with E-state index in [2.05, 4.69) is 17.4 Å². The molecule has 1 aliphatic carbocycles. The van der Waals surface area contributed by atoms with Crippen LogP contribution in [0.3, 0.4) is 0 Å². The molecule has 0 saturated carbocycles. The van der Waals surface area contributed by atoms with Gasteiger partial charge in [-0.2, -0.15) is 0 Å². The zero-order valence-electron chi connectivity index (χ0n) is 22.2. The van der Waals surface area contributed by atoms with Crippen LogP contribution in [0.25, 0.3) is 10.2 Å². The molecule has 0 bridgehead atoms. The fourth-order valence-corrected chi connectivity index (χ4v) is 7.53. The molecule has 1 N–H and O–H groups in total. The van der Waals surface area contributed by atoms with Gasteiger partial charge in [0.25, 0.3) is 5.56 Å². The molecule has 5 nitrogen and oxygen atoms in total. The minimum absolute atomic E-state index is 0.0229. The number of aryl methyl sites for hydroxylation is 3. The Morgan fingerprint density at radius 2 is 1.52 bits per heavy atom. The van der Waals surface area contributed by atoms with E-state index in [1.54, 1.807) is 15.9 Å². The molecule has 202 valence electrons. The van der Waals surface area contributed by atoms with E-state index in [1.807, 2.05) is 78.9 Å². The quantitative estimate of drug-likeness (QED) is 0.162. The van der Waals surface area contributed by atoms with Crippen LogP contribution in [0.1, 0.15) is 46.0 Å². The van der Waals surface area contributed by atoms with E-state index in [-0.39, 0.29) is 23.3 Å². The normalized spacial score (nSPS) is 12.9.